The van der Waals surface area contributed by atoms with E-state index in [1.165, 1.54) is 25.2 Å². The lowest BCUT2D eigenvalue weighted by Crippen LogP contribution is -2.37. The molecule has 228 valence electrons. The minimum atomic E-state index is -4.94. The van der Waals surface area contributed by atoms with Crippen molar-refractivity contribution >= 4 is 35.1 Å². The molecule has 1 saturated heterocycles. The van der Waals surface area contributed by atoms with Crippen molar-refractivity contribution in [2.24, 2.45) is 30.5 Å². The first-order valence-electron chi connectivity index (χ1n) is 13.2. The normalized spacial score (nSPS) is 23.6. The third-order valence-corrected chi connectivity index (χ3v) is 8.55. The molecular formula is C26H24ClF5N8O3. The lowest BCUT2D eigenvalue weighted by molar-refractivity contribution is -0.141. The number of imidazole rings is 1. The van der Waals surface area contributed by atoms with Crippen LogP contribution >= 0.6 is 11.6 Å². The molecule has 43 heavy (non-hydrogen) atoms. The van der Waals surface area contributed by atoms with Gasteiger partial charge in [-0.25, -0.2) is 18.6 Å². The van der Waals surface area contributed by atoms with Crippen LogP contribution in [0, 0.1) is 17.8 Å². The maximum absolute atomic E-state index is 13.7. The van der Waals surface area contributed by atoms with Crippen LogP contribution in [0.1, 0.15) is 39.1 Å². The van der Waals surface area contributed by atoms with Crippen molar-refractivity contribution in [3.8, 4) is 11.3 Å². The van der Waals surface area contributed by atoms with E-state index >= 15 is 0 Å². The number of primary amides is 1. The summed E-state index contributed by atoms with van der Waals surface area (Å²) in [5.74, 6) is -3.78. The number of benzene rings is 1. The summed E-state index contributed by atoms with van der Waals surface area (Å²) in [5.41, 5.74) is 3.64. The number of halogens is 6. The Labute approximate surface area is 245 Å². The molecule has 3 heterocycles. The number of hydrogen-bond acceptors (Lipinski definition) is 5. The number of hydrogen-bond donors (Lipinski definition) is 3. The van der Waals surface area contributed by atoms with Gasteiger partial charge in [-0.05, 0) is 36.0 Å². The number of anilines is 1. The van der Waals surface area contributed by atoms with Crippen LogP contribution in [0.4, 0.5) is 32.4 Å². The monoisotopic (exact) mass is 626 g/mol. The number of alkyl halides is 5. The molecule has 3 atom stereocenters. The predicted molar refractivity (Wildman–Crippen MR) is 141 cm³/mol. The molecule has 2 saturated carbocycles. The van der Waals surface area contributed by atoms with Crippen LogP contribution in [-0.2, 0) is 13.2 Å². The highest BCUT2D eigenvalue weighted by atomic mass is 35.5. The van der Waals surface area contributed by atoms with Crippen LogP contribution in [-0.4, -0.2) is 67.6 Å². The van der Waals surface area contributed by atoms with Gasteiger partial charge < -0.3 is 25.8 Å². The van der Waals surface area contributed by atoms with E-state index in [9.17, 15) is 36.3 Å². The molecule has 11 nitrogen and oxygen atoms in total. The number of aromatic nitrogens is 4. The number of fused-ring (bicyclic) bond motifs is 1. The number of nitrogens with zero attached hydrogens (tertiary/aromatic N) is 5. The Kier molecular flexibility index (Phi) is 6.67. The number of urea groups is 1. The second-order valence-electron chi connectivity index (χ2n) is 11.0. The topological polar surface area (TPSA) is 140 Å². The molecule has 6 rings (SSSR count). The van der Waals surface area contributed by atoms with E-state index < -0.39 is 53.7 Å². The van der Waals surface area contributed by atoms with Crippen molar-refractivity contribution in [1.29, 1.82) is 0 Å². The van der Waals surface area contributed by atoms with Gasteiger partial charge in [-0.3, -0.25) is 14.3 Å². The summed E-state index contributed by atoms with van der Waals surface area (Å²) in [4.78, 5) is 42.4. The van der Waals surface area contributed by atoms with Crippen molar-refractivity contribution in [2.45, 2.75) is 24.6 Å². The maximum atomic E-state index is 13.7. The Bertz CT molecular complexity index is 1640. The minimum Gasteiger partial charge on any atom is -0.352 e. The number of nitrogens with two attached hydrogens (primary N) is 1. The fraction of sp³-hybridized carbons (Fsp3) is 0.423. The lowest BCUT2D eigenvalue weighted by atomic mass is 10.1. The molecule has 3 fully saturated rings. The fourth-order valence-corrected chi connectivity index (χ4v) is 5.97. The standard InChI is InChI=1S/C26H24ClF5N8O3/c1-38-18(16-10-40(19-5-25(19,28)29)37-20(16)26(30,31)32)7-34-21(38)23(42)36-11-2-3-12(17(27)4-11)22(41)35-6-13-14-8-39(24(33)43)9-15(13)14/h2-4,7,10,13-15,19H,5-6,8-9H2,1H3,(H2,33,43)(H,35,41)(H,36,42). The molecule has 0 radical (unpaired) electrons. The van der Waals surface area contributed by atoms with Gasteiger partial charge in [0, 0.05) is 45.0 Å². The molecule has 3 unspecified atom stereocenters. The minimum absolute atomic E-state index is 0.0471. The van der Waals surface area contributed by atoms with E-state index in [2.05, 4.69) is 20.7 Å². The zero-order valence-electron chi connectivity index (χ0n) is 22.3. The molecule has 17 heteroatoms. The van der Waals surface area contributed by atoms with Gasteiger partial charge in [-0.2, -0.15) is 18.3 Å². The van der Waals surface area contributed by atoms with Crippen LogP contribution in [0.25, 0.3) is 11.3 Å². The van der Waals surface area contributed by atoms with Crippen molar-refractivity contribution < 1.29 is 36.3 Å². The molecule has 2 aliphatic carbocycles. The summed E-state index contributed by atoms with van der Waals surface area (Å²) in [6.45, 7) is 1.55. The number of amides is 4. The summed E-state index contributed by atoms with van der Waals surface area (Å²) < 4.78 is 69.8. The van der Waals surface area contributed by atoms with Gasteiger partial charge in [0.15, 0.2) is 11.5 Å². The molecule has 0 spiro atoms. The van der Waals surface area contributed by atoms with Gasteiger partial charge in [0.05, 0.1) is 28.0 Å². The number of carbonyl (C=O) groups excluding carboxylic acids is 3. The zero-order valence-corrected chi connectivity index (χ0v) is 23.1. The average molecular weight is 627 g/mol. The molecular weight excluding hydrogens is 603 g/mol. The third kappa shape index (κ3) is 5.28. The Balaban J connectivity index is 1.11. The highest BCUT2D eigenvalue weighted by Gasteiger charge is 2.60. The van der Waals surface area contributed by atoms with E-state index in [0.717, 1.165) is 17.0 Å². The van der Waals surface area contributed by atoms with Gasteiger partial charge in [-0.15, -0.1) is 0 Å². The summed E-state index contributed by atoms with van der Waals surface area (Å²) in [6, 6.07) is 2.26. The summed E-state index contributed by atoms with van der Waals surface area (Å²) >= 11 is 6.30. The first kappa shape index (κ1) is 28.9. The van der Waals surface area contributed by atoms with Crippen LogP contribution in [0.3, 0.4) is 0 Å². The number of nitrogens with one attached hydrogen (secondary N) is 2. The maximum Gasteiger partial charge on any atom is 0.435 e. The van der Waals surface area contributed by atoms with Gasteiger partial charge in [0.25, 0.3) is 17.7 Å². The summed E-state index contributed by atoms with van der Waals surface area (Å²) in [7, 11) is 1.31. The van der Waals surface area contributed by atoms with Gasteiger partial charge in [0.2, 0.25) is 0 Å². The van der Waals surface area contributed by atoms with Crippen LogP contribution in [0.5, 0.6) is 0 Å². The van der Waals surface area contributed by atoms with E-state index in [0.29, 0.717) is 36.2 Å². The molecule has 0 bridgehead atoms. The first-order chi connectivity index (χ1) is 20.2. The summed E-state index contributed by atoms with van der Waals surface area (Å²) in [6.07, 6.45) is -3.66. The lowest BCUT2D eigenvalue weighted by Gasteiger charge is -2.17. The number of likely N-dealkylation sites (tertiary alicyclic amines) is 1. The Hall–Kier alpha value is -4.21. The van der Waals surface area contributed by atoms with Crippen LogP contribution < -0.4 is 16.4 Å². The molecule has 2 aromatic heterocycles. The molecule has 1 aliphatic heterocycles. The quantitative estimate of drug-likeness (QED) is 0.343. The second-order valence-corrected chi connectivity index (χ2v) is 11.4. The average Bonchev–Trinajstić information content (AvgIpc) is 3.43. The molecule has 4 N–H and O–H groups in total. The molecule has 3 aromatic rings. The highest BCUT2D eigenvalue weighted by Crippen LogP contribution is 2.53. The first-order valence-corrected chi connectivity index (χ1v) is 13.5. The van der Waals surface area contributed by atoms with E-state index in [4.69, 9.17) is 17.3 Å². The Morgan fingerprint density at radius 2 is 1.84 bits per heavy atom. The van der Waals surface area contributed by atoms with Crippen molar-refractivity contribution in [3.63, 3.8) is 0 Å². The van der Waals surface area contributed by atoms with E-state index in [1.54, 1.807) is 4.90 Å². The molecule has 3 aliphatic rings. The van der Waals surface area contributed by atoms with E-state index in [1.807, 2.05) is 0 Å². The molecule has 1 aromatic carbocycles. The van der Waals surface area contributed by atoms with Crippen molar-refractivity contribution in [1.82, 2.24) is 29.5 Å². The zero-order chi connectivity index (χ0) is 31.0. The predicted octanol–water partition coefficient (Wildman–Crippen LogP) is 3.77. The van der Waals surface area contributed by atoms with Crippen molar-refractivity contribution in [2.75, 3.05) is 25.0 Å². The van der Waals surface area contributed by atoms with Crippen LogP contribution in [0.15, 0.2) is 30.6 Å². The fourth-order valence-electron chi connectivity index (χ4n) is 5.71. The number of piperidine rings is 1. The van der Waals surface area contributed by atoms with Crippen LogP contribution in [0.2, 0.25) is 5.02 Å². The number of rotatable bonds is 7. The largest absolute Gasteiger partial charge is 0.435 e. The smallest absolute Gasteiger partial charge is 0.352 e. The van der Waals surface area contributed by atoms with Gasteiger partial charge in [-0.1, -0.05) is 11.6 Å². The van der Waals surface area contributed by atoms with Gasteiger partial charge in [0.1, 0.15) is 6.04 Å². The number of carbonyl (C=O) groups is 3. The third-order valence-electron chi connectivity index (χ3n) is 8.23. The second kappa shape index (κ2) is 9.92. The van der Waals surface area contributed by atoms with Crippen molar-refractivity contribution in [3.05, 3.63) is 52.7 Å². The van der Waals surface area contributed by atoms with Gasteiger partial charge >= 0.3 is 12.2 Å². The molecule has 4 amide bonds. The summed E-state index contributed by atoms with van der Waals surface area (Å²) in [5, 5.41) is 8.78. The highest BCUT2D eigenvalue weighted by molar-refractivity contribution is 6.34. The van der Waals surface area contributed by atoms with E-state index in [-0.39, 0.29) is 33.7 Å². The SMILES string of the molecule is Cn1c(-c2cn(C3CC3(F)F)nc2C(F)(F)F)cnc1C(=O)Nc1ccc(C(=O)NCC2C3CN(C(N)=O)CC23)c(Cl)c1. The Morgan fingerprint density at radius 1 is 1.16 bits per heavy atom. The Morgan fingerprint density at radius 3 is 2.42 bits per heavy atom.